The van der Waals surface area contributed by atoms with Gasteiger partial charge in [-0.3, -0.25) is 4.79 Å². The Balaban J connectivity index is 1.93. The summed E-state index contributed by atoms with van der Waals surface area (Å²) < 4.78 is 59.5. The van der Waals surface area contributed by atoms with Gasteiger partial charge in [-0.25, -0.2) is 9.07 Å². The monoisotopic (exact) mass is 386 g/mol. The summed E-state index contributed by atoms with van der Waals surface area (Å²) in [6, 6.07) is 2.57. The third-order valence-electron chi connectivity index (χ3n) is 4.35. The molecule has 0 unspecified atom stereocenters. The number of aromatic nitrogens is 2. The highest BCUT2D eigenvalue weighted by molar-refractivity contribution is 5.98. The van der Waals surface area contributed by atoms with E-state index in [1.54, 1.807) is 0 Å². The van der Waals surface area contributed by atoms with E-state index in [9.17, 15) is 22.4 Å². The summed E-state index contributed by atoms with van der Waals surface area (Å²) >= 11 is 0. The second-order valence-electron chi connectivity index (χ2n) is 6.14. The van der Waals surface area contributed by atoms with Crippen LogP contribution in [0.3, 0.4) is 0 Å². The average molecular weight is 386 g/mol. The molecule has 3 rings (SSSR count). The molecule has 10 heteroatoms. The predicted octanol–water partition coefficient (Wildman–Crippen LogP) is 3.06. The highest BCUT2D eigenvalue weighted by Gasteiger charge is 2.47. The Hall–Kier alpha value is -2.62. The maximum Gasteiger partial charge on any atom is 0.410 e. The number of carbonyl (C=O) groups excluding carboxylic acids is 1. The van der Waals surface area contributed by atoms with Crippen LogP contribution in [-0.2, 0) is 4.74 Å². The number of hydrogen-bond acceptors (Lipinski definition) is 4. The summed E-state index contributed by atoms with van der Waals surface area (Å²) in [6.07, 6.45) is -3.77. The van der Waals surface area contributed by atoms with E-state index in [1.165, 1.54) is 31.4 Å². The molecule has 0 radical (unpaired) electrons. The molecule has 1 aromatic heterocycles. The third kappa shape index (κ3) is 4.05. The van der Waals surface area contributed by atoms with Gasteiger partial charge in [0, 0.05) is 20.1 Å². The van der Waals surface area contributed by atoms with Gasteiger partial charge < -0.3 is 15.4 Å². The van der Waals surface area contributed by atoms with Gasteiger partial charge in [-0.15, -0.1) is 0 Å². The van der Waals surface area contributed by atoms with Crippen LogP contribution in [0.5, 0.6) is 0 Å². The minimum atomic E-state index is -4.55. The van der Waals surface area contributed by atoms with E-state index in [2.05, 4.69) is 15.7 Å². The molecule has 0 saturated carbocycles. The highest BCUT2D eigenvalue weighted by atomic mass is 19.4. The van der Waals surface area contributed by atoms with Crippen molar-refractivity contribution in [1.82, 2.24) is 15.1 Å². The smallest absolute Gasteiger partial charge is 0.383 e. The molecule has 1 aromatic carbocycles. The lowest BCUT2D eigenvalue weighted by Crippen LogP contribution is -2.36. The Morgan fingerprint density at radius 1 is 1.37 bits per heavy atom. The molecule has 0 fully saturated rings. The van der Waals surface area contributed by atoms with Crippen molar-refractivity contribution in [2.45, 2.75) is 24.7 Å². The fraction of sp³-hybridized carbons (Fsp3) is 0.412. The van der Waals surface area contributed by atoms with Gasteiger partial charge in [0.25, 0.3) is 5.91 Å². The Morgan fingerprint density at radius 2 is 2.07 bits per heavy atom. The molecule has 1 aliphatic rings. The van der Waals surface area contributed by atoms with Crippen LogP contribution < -0.4 is 10.6 Å². The Labute approximate surface area is 152 Å². The zero-order valence-corrected chi connectivity index (χ0v) is 14.4. The molecule has 0 aliphatic carbocycles. The molecular weight excluding hydrogens is 368 g/mol. The summed E-state index contributed by atoms with van der Waals surface area (Å²) in [5, 5.41) is 9.28. The molecule has 2 N–H and O–H groups in total. The van der Waals surface area contributed by atoms with Crippen LogP contribution in [0.15, 0.2) is 30.5 Å². The van der Waals surface area contributed by atoms with Crippen LogP contribution >= 0.6 is 0 Å². The van der Waals surface area contributed by atoms with Gasteiger partial charge in [0.05, 0.1) is 18.8 Å². The molecule has 0 saturated heterocycles. The number of ether oxygens (including phenoxy) is 1. The van der Waals surface area contributed by atoms with Gasteiger partial charge in [-0.05, 0) is 17.7 Å². The van der Waals surface area contributed by atoms with Crippen molar-refractivity contribution < 1.29 is 27.1 Å². The number of nitrogens with one attached hydrogen (secondary N) is 2. The second-order valence-corrected chi connectivity index (χ2v) is 6.14. The summed E-state index contributed by atoms with van der Waals surface area (Å²) in [6.45, 7) is 0.482. The highest BCUT2D eigenvalue weighted by Crippen LogP contribution is 2.44. The van der Waals surface area contributed by atoms with Gasteiger partial charge >= 0.3 is 6.18 Å². The second kappa shape index (κ2) is 7.55. The molecule has 0 spiro atoms. The summed E-state index contributed by atoms with van der Waals surface area (Å²) in [7, 11) is 1.47. The van der Waals surface area contributed by atoms with Crippen molar-refractivity contribution in [3.63, 3.8) is 0 Å². The van der Waals surface area contributed by atoms with Gasteiger partial charge in [0.1, 0.15) is 17.2 Å². The minimum Gasteiger partial charge on any atom is -0.383 e. The van der Waals surface area contributed by atoms with E-state index in [0.717, 1.165) is 10.9 Å². The van der Waals surface area contributed by atoms with Crippen molar-refractivity contribution >= 4 is 11.7 Å². The largest absolute Gasteiger partial charge is 0.410 e. The van der Waals surface area contributed by atoms with Crippen LogP contribution in [0.25, 0.3) is 0 Å². The van der Waals surface area contributed by atoms with Gasteiger partial charge in [-0.1, -0.05) is 12.1 Å². The van der Waals surface area contributed by atoms with Crippen molar-refractivity contribution in [1.29, 1.82) is 0 Å². The van der Waals surface area contributed by atoms with E-state index in [0.29, 0.717) is 5.56 Å². The van der Waals surface area contributed by atoms with Gasteiger partial charge in [0.2, 0.25) is 0 Å². The number of fused-ring (bicyclic) bond motifs is 1. The Morgan fingerprint density at radius 3 is 2.70 bits per heavy atom. The van der Waals surface area contributed by atoms with Crippen LogP contribution in [0.4, 0.5) is 23.4 Å². The first kappa shape index (κ1) is 19.2. The molecule has 6 nitrogen and oxygen atoms in total. The number of hydrogen-bond donors (Lipinski definition) is 2. The molecule has 1 aliphatic heterocycles. The molecule has 2 heterocycles. The van der Waals surface area contributed by atoms with Crippen molar-refractivity contribution in [3.8, 4) is 0 Å². The molecule has 146 valence electrons. The van der Waals surface area contributed by atoms with Gasteiger partial charge in [-0.2, -0.15) is 18.3 Å². The maximum absolute atomic E-state index is 13.6. The number of rotatable bonds is 5. The minimum absolute atomic E-state index is 0.00663. The Kier molecular flexibility index (Phi) is 5.36. The summed E-state index contributed by atoms with van der Waals surface area (Å²) in [5.41, 5.74) is 0.496. The first-order chi connectivity index (χ1) is 12.8. The van der Waals surface area contributed by atoms with Crippen LogP contribution in [0.1, 0.15) is 34.4 Å². The number of alkyl halides is 3. The summed E-state index contributed by atoms with van der Waals surface area (Å²) in [4.78, 5) is 12.3. The quantitative estimate of drug-likeness (QED) is 0.612. The maximum atomic E-state index is 13.6. The first-order valence-electron chi connectivity index (χ1n) is 8.24. The first-order valence-corrected chi connectivity index (χ1v) is 8.24. The zero-order chi connectivity index (χ0) is 19.6. The van der Waals surface area contributed by atoms with E-state index in [4.69, 9.17) is 4.74 Å². The zero-order valence-electron chi connectivity index (χ0n) is 14.4. The summed E-state index contributed by atoms with van der Waals surface area (Å²) in [5.74, 6) is -1.06. The Bertz CT molecular complexity index is 804. The standard InChI is InChI=1S/C17H18F4N4O2/c1-27-7-6-22-16(26)12-9-23-25-14(17(19,20)21)8-13(24-15(12)25)10-2-4-11(18)5-3-10/h2-5,9,13-14,24H,6-8H2,1H3,(H,22,26)/t13-,14-/m0/s1. The fourth-order valence-electron chi connectivity index (χ4n) is 3.00. The van der Waals surface area contributed by atoms with Crippen molar-refractivity contribution in [2.24, 2.45) is 0 Å². The number of nitrogens with zero attached hydrogens (tertiary/aromatic N) is 2. The molecule has 2 aromatic rings. The van der Waals surface area contributed by atoms with Crippen LogP contribution in [0.2, 0.25) is 0 Å². The van der Waals surface area contributed by atoms with Crippen molar-refractivity contribution in [2.75, 3.05) is 25.6 Å². The average Bonchev–Trinajstić information content (AvgIpc) is 3.04. The number of amides is 1. The van der Waals surface area contributed by atoms with E-state index >= 15 is 0 Å². The van der Waals surface area contributed by atoms with Crippen LogP contribution in [-0.4, -0.2) is 42.1 Å². The topological polar surface area (TPSA) is 68.2 Å². The van der Waals surface area contributed by atoms with Crippen molar-refractivity contribution in [3.05, 3.63) is 47.4 Å². The molecule has 0 bridgehead atoms. The third-order valence-corrected chi connectivity index (χ3v) is 4.35. The van der Waals surface area contributed by atoms with E-state index < -0.39 is 30.0 Å². The van der Waals surface area contributed by atoms with E-state index in [-0.39, 0.29) is 31.0 Å². The number of carbonyl (C=O) groups is 1. The lowest BCUT2D eigenvalue weighted by Gasteiger charge is -2.34. The fourth-order valence-corrected chi connectivity index (χ4v) is 3.00. The number of halogens is 4. The SMILES string of the molecule is COCCNC(=O)c1cnn2c1N[C@H](c1ccc(F)cc1)C[C@H]2C(F)(F)F. The normalized spacial score (nSPS) is 19.3. The molecule has 2 atom stereocenters. The predicted molar refractivity (Wildman–Crippen MR) is 88.9 cm³/mol. The van der Waals surface area contributed by atoms with Gasteiger partial charge in [0.15, 0.2) is 6.04 Å². The lowest BCUT2D eigenvalue weighted by atomic mass is 9.96. The number of anilines is 1. The number of methoxy groups -OCH3 is 1. The molecular formula is C17H18F4N4O2. The lowest BCUT2D eigenvalue weighted by molar-refractivity contribution is -0.173. The number of benzene rings is 1. The van der Waals surface area contributed by atoms with Crippen LogP contribution in [0, 0.1) is 5.82 Å². The molecule has 1 amide bonds. The van der Waals surface area contributed by atoms with E-state index in [1.807, 2.05) is 0 Å². The molecule has 27 heavy (non-hydrogen) atoms.